The molecule has 0 heterocycles. The summed E-state index contributed by atoms with van der Waals surface area (Å²) in [6.45, 7) is 7.51. The molecule has 0 aliphatic carbocycles. The van der Waals surface area contributed by atoms with Gasteiger partial charge >= 0.3 is 0 Å². The second-order valence-corrected chi connectivity index (χ2v) is 4.24. The number of nitro groups is 1. The molecule has 17 heavy (non-hydrogen) atoms. The summed E-state index contributed by atoms with van der Waals surface area (Å²) in [5, 5.41) is 17.2. The number of hydrogen-bond donors (Lipinski definition) is 2. The minimum Gasteiger partial charge on any atom is -0.383 e. The summed E-state index contributed by atoms with van der Waals surface area (Å²) in [5.41, 5.74) is 1.67. The lowest BCUT2D eigenvalue weighted by Gasteiger charge is -2.11. The van der Waals surface area contributed by atoms with Crippen LogP contribution in [0.5, 0.6) is 0 Å². The molecule has 0 saturated carbocycles. The standard InChI is InChI=1S/C12H19N3O2/c1-9(2)13-7-8-14-11-5-4-6-12(10(11)3)15(16)17/h4-6,9,13-14H,7-8H2,1-3H3. The number of nitrogens with zero attached hydrogens (tertiary/aromatic N) is 1. The van der Waals surface area contributed by atoms with Crippen LogP contribution in [0.15, 0.2) is 18.2 Å². The van der Waals surface area contributed by atoms with Crippen molar-refractivity contribution in [3.8, 4) is 0 Å². The lowest BCUT2D eigenvalue weighted by molar-refractivity contribution is -0.385. The molecule has 5 nitrogen and oxygen atoms in total. The molecule has 0 aliphatic rings. The van der Waals surface area contributed by atoms with E-state index in [0.717, 1.165) is 18.8 Å². The molecule has 0 atom stereocenters. The third kappa shape index (κ3) is 4.03. The Hall–Kier alpha value is -1.62. The van der Waals surface area contributed by atoms with Crippen LogP contribution in [0, 0.1) is 17.0 Å². The first-order chi connectivity index (χ1) is 8.02. The molecule has 94 valence electrons. The third-order valence-electron chi connectivity index (χ3n) is 2.49. The van der Waals surface area contributed by atoms with Gasteiger partial charge in [0.2, 0.25) is 0 Å². The van der Waals surface area contributed by atoms with E-state index >= 15 is 0 Å². The molecule has 0 aromatic heterocycles. The molecule has 1 rings (SSSR count). The SMILES string of the molecule is Cc1c(NCCNC(C)C)cccc1[N+](=O)[O-]. The van der Waals surface area contributed by atoms with Crippen LogP contribution < -0.4 is 10.6 Å². The summed E-state index contributed by atoms with van der Waals surface area (Å²) in [7, 11) is 0. The second-order valence-electron chi connectivity index (χ2n) is 4.24. The van der Waals surface area contributed by atoms with Gasteiger partial charge in [0.1, 0.15) is 0 Å². The van der Waals surface area contributed by atoms with Crippen molar-refractivity contribution in [2.45, 2.75) is 26.8 Å². The normalized spacial score (nSPS) is 10.6. The Morgan fingerprint density at radius 3 is 2.65 bits per heavy atom. The number of hydrogen-bond acceptors (Lipinski definition) is 4. The van der Waals surface area contributed by atoms with Crippen molar-refractivity contribution in [2.24, 2.45) is 0 Å². The minimum absolute atomic E-state index is 0.159. The molecule has 0 bridgehead atoms. The van der Waals surface area contributed by atoms with Gasteiger partial charge in [0.15, 0.2) is 0 Å². The zero-order valence-electron chi connectivity index (χ0n) is 10.5. The summed E-state index contributed by atoms with van der Waals surface area (Å²) in [6.07, 6.45) is 0. The van der Waals surface area contributed by atoms with Gasteiger partial charge in [-0.1, -0.05) is 19.9 Å². The third-order valence-corrected chi connectivity index (χ3v) is 2.49. The summed E-state index contributed by atoms with van der Waals surface area (Å²) >= 11 is 0. The Morgan fingerprint density at radius 1 is 1.35 bits per heavy atom. The molecule has 1 aromatic carbocycles. The Morgan fingerprint density at radius 2 is 2.06 bits per heavy atom. The Labute approximate surface area is 101 Å². The van der Waals surface area contributed by atoms with Crippen LogP contribution in [-0.4, -0.2) is 24.1 Å². The van der Waals surface area contributed by atoms with Crippen LogP contribution in [0.4, 0.5) is 11.4 Å². The van der Waals surface area contributed by atoms with Gasteiger partial charge in [-0.15, -0.1) is 0 Å². The molecule has 0 radical (unpaired) electrons. The van der Waals surface area contributed by atoms with Crippen LogP contribution >= 0.6 is 0 Å². The van der Waals surface area contributed by atoms with Gasteiger partial charge in [-0.2, -0.15) is 0 Å². The van der Waals surface area contributed by atoms with Gasteiger partial charge in [-0.05, 0) is 13.0 Å². The monoisotopic (exact) mass is 237 g/mol. The van der Waals surface area contributed by atoms with Crippen molar-refractivity contribution in [2.75, 3.05) is 18.4 Å². The van der Waals surface area contributed by atoms with Crippen molar-refractivity contribution in [1.29, 1.82) is 0 Å². The lowest BCUT2D eigenvalue weighted by atomic mass is 10.1. The highest BCUT2D eigenvalue weighted by Gasteiger charge is 2.12. The van der Waals surface area contributed by atoms with Crippen molar-refractivity contribution in [1.82, 2.24) is 5.32 Å². The number of anilines is 1. The van der Waals surface area contributed by atoms with E-state index in [4.69, 9.17) is 0 Å². The number of nitrogens with one attached hydrogen (secondary N) is 2. The quantitative estimate of drug-likeness (QED) is 0.452. The Balaban J connectivity index is 2.59. The molecule has 0 amide bonds. The fraction of sp³-hybridized carbons (Fsp3) is 0.500. The first kappa shape index (κ1) is 13.4. The molecule has 0 spiro atoms. The van der Waals surface area contributed by atoms with E-state index in [0.29, 0.717) is 11.6 Å². The van der Waals surface area contributed by atoms with Gasteiger partial charge in [0.25, 0.3) is 5.69 Å². The topological polar surface area (TPSA) is 67.2 Å². The van der Waals surface area contributed by atoms with E-state index in [2.05, 4.69) is 24.5 Å². The van der Waals surface area contributed by atoms with Gasteiger partial charge in [-0.3, -0.25) is 10.1 Å². The van der Waals surface area contributed by atoms with Gasteiger partial charge < -0.3 is 10.6 Å². The van der Waals surface area contributed by atoms with Gasteiger partial charge in [0, 0.05) is 36.4 Å². The molecular formula is C12H19N3O2. The Kier molecular flexibility index (Phi) is 4.90. The van der Waals surface area contributed by atoms with Gasteiger partial charge in [0.05, 0.1) is 4.92 Å². The smallest absolute Gasteiger partial charge is 0.274 e. The fourth-order valence-corrected chi connectivity index (χ4v) is 1.57. The maximum absolute atomic E-state index is 10.8. The second kappa shape index (κ2) is 6.20. The molecule has 0 aliphatic heterocycles. The van der Waals surface area contributed by atoms with Crippen molar-refractivity contribution in [3.05, 3.63) is 33.9 Å². The minimum atomic E-state index is -0.354. The number of nitro benzene ring substituents is 1. The predicted octanol–water partition coefficient (Wildman–Crippen LogP) is 2.31. The first-order valence-corrected chi connectivity index (χ1v) is 5.73. The first-order valence-electron chi connectivity index (χ1n) is 5.73. The fourth-order valence-electron chi connectivity index (χ4n) is 1.57. The van der Waals surface area contributed by atoms with E-state index in [1.165, 1.54) is 6.07 Å². The van der Waals surface area contributed by atoms with E-state index in [1.807, 2.05) is 6.07 Å². The molecular weight excluding hydrogens is 218 g/mol. The van der Waals surface area contributed by atoms with Crippen molar-refractivity contribution >= 4 is 11.4 Å². The number of benzene rings is 1. The highest BCUT2D eigenvalue weighted by Crippen LogP contribution is 2.24. The Bertz CT molecular complexity index is 391. The summed E-state index contributed by atoms with van der Waals surface area (Å²) in [5.74, 6) is 0. The summed E-state index contributed by atoms with van der Waals surface area (Å²) in [6, 6.07) is 5.52. The largest absolute Gasteiger partial charge is 0.383 e. The zero-order chi connectivity index (χ0) is 12.8. The summed E-state index contributed by atoms with van der Waals surface area (Å²) < 4.78 is 0. The average Bonchev–Trinajstić information content (AvgIpc) is 2.25. The van der Waals surface area contributed by atoms with E-state index in [9.17, 15) is 10.1 Å². The summed E-state index contributed by atoms with van der Waals surface area (Å²) in [4.78, 5) is 10.4. The maximum atomic E-state index is 10.8. The highest BCUT2D eigenvalue weighted by molar-refractivity contribution is 5.59. The van der Waals surface area contributed by atoms with Crippen LogP contribution in [0.25, 0.3) is 0 Å². The maximum Gasteiger partial charge on any atom is 0.274 e. The van der Waals surface area contributed by atoms with Gasteiger partial charge in [-0.25, -0.2) is 0 Å². The molecule has 5 heteroatoms. The lowest BCUT2D eigenvalue weighted by Crippen LogP contribution is -2.28. The highest BCUT2D eigenvalue weighted by atomic mass is 16.6. The van der Waals surface area contributed by atoms with E-state index in [-0.39, 0.29) is 10.6 Å². The van der Waals surface area contributed by atoms with Crippen molar-refractivity contribution in [3.63, 3.8) is 0 Å². The molecule has 0 saturated heterocycles. The molecule has 1 aromatic rings. The van der Waals surface area contributed by atoms with Crippen LogP contribution in [0.3, 0.4) is 0 Å². The molecule has 2 N–H and O–H groups in total. The zero-order valence-corrected chi connectivity index (χ0v) is 10.5. The van der Waals surface area contributed by atoms with E-state index < -0.39 is 0 Å². The van der Waals surface area contributed by atoms with Crippen molar-refractivity contribution < 1.29 is 4.92 Å². The molecule has 0 unspecified atom stereocenters. The average molecular weight is 237 g/mol. The van der Waals surface area contributed by atoms with Crippen LogP contribution in [0.2, 0.25) is 0 Å². The van der Waals surface area contributed by atoms with E-state index in [1.54, 1.807) is 13.0 Å². The predicted molar refractivity (Wildman–Crippen MR) is 69.5 cm³/mol. The van der Waals surface area contributed by atoms with Crippen LogP contribution in [-0.2, 0) is 0 Å². The van der Waals surface area contributed by atoms with Crippen LogP contribution in [0.1, 0.15) is 19.4 Å². The number of rotatable bonds is 6. The molecule has 0 fully saturated rings.